The molecule has 8 heteroatoms. The standard InChI is InChI=1S/C18H15N5O3/c19-17-21-14(22-18(20)23-17)9-26-15(24)7-11-8-25-13-6-5-10-3-1-2-4-12(10)16(11)13/h1-6,8H,7,9H2,(H4,19,20,21,22,23). The molecule has 2 aromatic carbocycles. The summed E-state index contributed by atoms with van der Waals surface area (Å²) in [5.74, 6) is -0.268. The lowest BCUT2D eigenvalue weighted by atomic mass is 10.0. The Morgan fingerprint density at radius 3 is 2.62 bits per heavy atom. The number of carbonyl (C=O) groups excluding carboxylic acids is 1. The number of aromatic nitrogens is 3. The highest BCUT2D eigenvalue weighted by Gasteiger charge is 2.15. The molecule has 8 nitrogen and oxygen atoms in total. The van der Waals surface area contributed by atoms with Crippen LogP contribution in [0.15, 0.2) is 47.1 Å². The van der Waals surface area contributed by atoms with Crippen LogP contribution >= 0.6 is 0 Å². The summed E-state index contributed by atoms with van der Waals surface area (Å²) >= 11 is 0. The third-order valence-corrected chi connectivity index (χ3v) is 3.95. The van der Waals surface area contributed by atoms with Gasteiger partial charge in [-0.25, -0.2) is 0 Å². The second kappa shape index (κ2) is 6.32. The van der Waals surface area contributed by atoms with Crippen LogP contribution in [0, 0.1) is 0 Å². The number of benzene rings is 2. The Hall–Kier alpha value is -3.68. The van der Waals surface area contributed by atoms with E-state index < -0.39 is 5.97 Å². The number of carbonyl (C=O) groups is 1. The number of rotatable bonds is 4. The van der Waals surface area contributed by atoms with Crippen LogP contribution in [0.5, 0.6) is 0 Å². The van der Waals surface area contributed by atoms with Crippen molar-refractivity contribution in [3.8, 4) is 0 Å². The number of nitrogens with zero attached hydrogens (tertiary/aromatic N) is 3. The maximum atomic E-state index is 12.2. The zero-order valence-corrected chi connectivity index (χ0v) is 13.7. The van der Waals surface area contributed by atoms with E-state index in [0.29, 0.717) is 0 Å². The fraction of sp³-hybridized carbons (Fsp3) is 0.111. The van der Waals surface area contributed by atoms with Gasteiger partial charge in [-0.2, -0.15) is 15.0 Å². The Morgan fingerprint density at radius 2 is 1.81 bits per heavy atom. The van der Waals surface area contributed by atoms with Gasteiger partial charge in [0.05, 0.1) is 12.7 Å². The van der Waals surface area contributed by atoms with Gasteiger partial charge in [-0.3, -0.25) is 4.79 Å². The molecule has 0 aliphatic carbocycles. The largest absolute Gasteiger partial charge is 0.464 e. The topological polar surface area (TPSA) is 130 Å². The van der Waals surface area contributed by atoms with Crippen LogP contribution in [0.25, 0.3) is 21.7 Å². The number of hydrogen-bond acceptors (Lipinski definition) is 8. The molecular weight excluding hydrogens is 334 g/mol. The molecule has 0 amide bonds. The molecule has 4 N–H and O–H groups in total. The molecule has 4 aromatic rings. The minimum absolute atomic E-state index is 0.0177. The van der Waals surface area contributed by atoms with E-state index in [0.717, 1.165) is 27.3 Å². The summed E-state index contributed by atoms with van der Waals surface area (Å²) in [7, 11) is 0. The van der Waals surface area contributed by atoms with E-state index in [9.17, 15) is 4.79 Å². The van der Waals surface area contributed by atoms with E-state index in [1.165, 1.54) is 0 Å². The minimum atomic E-state index is -0.432. The van der Waals surface area contributed by atoms with Crippen molar-refractivity contribution in [2.75, 3.05) is 11.5 Å². The van der Waals surface area contributed by atoms with Gasteiger partial charge >= 0.3 is 5.97 Å². The Labute approximate surface area is 147 Å². The maximum absolute atomic E-state index is 12.2. The molecule has 4 rings (SSSR count). The molecule has 0 fully saturated rings. The van der Waals surface area contributed by atoms with E-state index in [1.807, 2.05) is 36.4 Å². The SMILES string of the molecule is Nc1nc(N)nc(COC(=O)Cc2coc3ccc4ccccc4c23)n1. The minimum Gasteiger partial charge on any atom is -0.464 e. The molecule has 130 valence electrons. The smallest absolute Gasteiger partial charge is 0.310 e. The monoisotopic (exact) mass is 349 g/mol. The second-order valence-corrected chi connectivity index (χ2v) is 5.73. The van der Waals surface area contributed by atoms with Crippen molar-refractivity contribution in [3.63, 3.8) is 0 Å². The van der Waals surface area contributed by atoms with Gasteiger partial charge in [-0.15, -0.1) is 0 Å². The van der Waals surface area contributed by atoms with Crippen molar-refractivity contribution in [3.05, 3.63) is 54.0 Å². The van der Waals surface area contributed by atoms with E-state index in [4.69, 9.17) is 20.6 Å². The van der Waals surface area contributed by atoms with Crippen LogP contribution < -0.4 is 11.5 Å². The zero-order chi connectivity index (χ0) is 18.1. The first-order valence-corrected chi connectivity index (χ1v) is 7.89. The van der Waals surface area contributed by atoms with Gasteiger partial charge in [0.1, 0.15) is 5.58 Å². The molecule has 0 unspecified atom stereocenters. The second-order valence-electron chi connectivity index (χ2n) is 5.73. The summed E-state index contributed by atoms with van der Waals surface area (Å²) in [5, 5.41) is 3.01. The van der Waals surface area contributed by atoms with Gasteiger partial charge in [0.2, 0.25) is 11.9 Å². The van der Waals surface area contributed by atoms with Crippen molar-refractivity contribution >= 4 is 39.6 Å². The number of furan rings is 1. The molecule has 0 saturated carbocycles. The molecular formula is C18H15N5O3. The molecule has 2 aromatic heterocycles. The number of hydrogen-bond donors (Lipinski definition) is 2. The predicted octanol–water partition coefficient (Wildman–Crippen LogP) is 2.22. The van der Waals surface area contributed by atoms with Crippen molar-refractivity contribution in [2.45, 2.75) is 13.0 Å². The van der Waals surface area contributed by atoms with Gasteiger partial charge < -0.3 is 20.6 Å². The summed E-state index contributed by atoms with van der Waals surface area (Å²) in [6, 6.07) is 11.8. The highest BCUT2D eigenvalue weighted by molar-refractivity contribution is 6.08. The van der Waals surface area contributed by atoms with Crippen LogP contribution in [-0.2, 0) is 22.6 Å². The van der Waals surface area contributed by atoms with Crippen LogP contribution in [0.1, 0.15) is 11.4 Å². The molecule has 0 aliphatic rings. The number of anilines is 2. The number of nitrogens with two attached hydrogens (primary N) is 2. The fourth-order valence-corrected chi connectivity index (χ4v) is 2.88. The van der Waals surface area contributed by atoms with Crippen LogP contribution in [0.2, 0.25) is 0 Å². The number of ether oxygens (including phenoxy) is 1. The third kappa shape index (κ3) is 3.00. The van der Waals surface area contributed by atoms with E-state index in [1.54, 1.807) is 6.26 Å². The van der Waals surface area contributed by atoms with Crippen molar-refractivity contribution in [2.24, 2.45) is 0 Å². The molecule has 0 atom stereocenters. The van der Waals surface area contributed by atoms with Crippen molar-refractivity contribution < 1.29 is 13.9 Å². The first kappa shape index (κ1) is 15.8. The summed E-state index contributed by atoms with van der Waals surface area (Å²) < 4.78 is 10.8. The molecule has 0 spiro atoms. The maximum Gasteiger partial charge on any atom is 0.310 e. The van der Waals surface area contributed by atoms with Crippen molar-refractivity contribution in [1.29, 1.82) is 0 Å². The fourth-order valence-electron chi connectivity index (χ4n) is 2.88. The van der Waals surface area contributed by atoms with Gasteiger partial charge in [0, 0.05) is 10.9 Å². The molecule has 0 saturated heterocycles. The summed E-state index contributed by atoms with van der Waals surface area (Å²) in [6.45, 7) is -0.133. The normalized spacial score (nSPS) is 11.1. The lowest BCUT2D eigenvalue weighted by molar-refractivity contribution is -0.144. The molecule has 0 aliphatic heterocycles. The Bertz CT molecular complexity index is 1100. The van der Waals surface area contributed by atoms with Crippen LogP contribution in [-0.4, -0.2) is 20.9 Å². The van der Waals surface area contributed by atoms with E-state index >= 15 is 0 Å². The molecule has 0 radical (unpaired) electrons. The highest BCUT2D eigenvalue weighted by atomic mass is 16.5. The van der Waals surface area contributed by atoms with Gasteiger partial charge in [0.25, 0.3) is 0 Å². The summed E-state index contributed by atoms with van der Waals surface area (Å²) in [4.78, 5) is 23.6. The lowest BCUT2D eigenvalue weighted by Gasteiger charge is -2.05. The van der Waals surface area contributed by atoms with Gasteiger partial charge in [-0.05, 0) is 16.8 Å². The molecule has 0 bridgehead atoms. The number of esters is 1. The Balaban J connectivity index is 1.55. The highest BCUT2D eigenvalue weighted by Crippen LogP contribution is 2.30. The van der Waals surface area contributed by atoms with Crippen LogP contribution in [0.4, 0.5) is 11.9 Å². The Morgan fingerprint density at radius 1 is 1.04 bits per heavy atom. The van der Waals surface area contributed by atoms with Crippen molar-refractivity contribution in [1.82, 2.24) is 15.0 Å². The zero-order valence-electron chi connectivity index (χ0n) is 13.7. The summed E-state index contributed by atoms with van der Waals surface area (Å²) in [5.41, 5.74) is 12.5. The number of nitrogen functional groups attached to an aromatic ring is 2. The summed E-state index contributed by atoms with van der Waals surface area (Å²) in [6.07, 6.45) is 1.65. The molecule has 2 heterocycles. The molecule has 26 heavy (non-hydrogen) atoms. The number of fused-ring (bicyclic) bond motifs is 3. The van der Waals surface area contributed by atoms with Crippen LogP contribution in [0.3, 0.4) is 0 Å². The van der Waals surface area contributed by atoms with E-state index in [2.05, 4.69) is 15.0 Å². The van der Waals surface area contributed by atoms with Gasteiger partial charge in [-0.1, -0.05) is 30.3 Å². The first-order valence-electron chi connectivity index (χ1n) is 7.89. The quantitative estimate of drug-likeness (QED) is 0.536. The van der Waals surface area contributed by atoms with Gasteiger partial charge in [0.15, 0.2) is 12.4 Å². The average molecular weight is 349 g/mol. The van der Waals surface area contributed by atoms with E-state index in [-0.39, 0.29) is 30.7 Å². The third-order valence-electron chi connectivity index (χ3n) is 3.95. The Kier molecular flexibility index (Phi) is 3.85. The lowest BCUT2D eigenvalue weighted by Crippen LogP contribution is -2.12. The predicted molar refractivity (Wildman–Crippen MR) is 95.9 cm³/mol. The average Bonchev–Trinajstić information content (AvgIpc) is 3.02. The first-order chi connectivity index (χ1) is 12.6.